The normalized spacial score (nSPS) is 12.8. The molecule has 0 rings (SSSR count). The summed E-state index contributed by atoms with van der Waals surface area (Å²) in [4.78, 5) is 24.6. The highest BCUT2D eigenvalue weighted by atomic mass is 16.5. The van der Waals surface area contributed by atoms with Gasteiger partial charge in [0.1, 0.15) is 0 Å². The van der Waals surface area contributed by atoms with Gasteiger partial charge in [-0.05, 0) is 83.5 Å². The molecular formula is C65H123NO5. The second-order valence-corrected chi connectivity index (χ2v) is 21.7. The third-order valence-electron chi connectivity index (χ3n) is 14.7. The third-order valence-corrected chi connectivity index (χ3v) is 14.7. The Hall–Kier alpha value is -1.92. The molecule has 0 aliphatic heterocycles. The third kappa shape index (κ3) is 57.2. The zero-order valence-corrected chi connectivity index (χ0v) is 47.7. The minimum Gasteiger partial charge on any atom is -0.466 e. The lowest BCUT2D eigenvalue weighted by atomic mass is 10.0. The van der Waals surface area contributed by atoms with Gasteiger partial charge >= 0.3 is 5.97 Å². The fourth-order valence-corrected chi connectivity index (χ4v) is 9.78. The molecule has 2 atom stereocenters. The first-order valence-corrected chi connectivity index (χ1v) is 31.7. The smallest absolute Gasteiger partial charge is 0.305 e. The maximum atomic E-state index is 12.5. The fraction of sp³-hybridized carbons (Fsp3) is 0.877. The summed E-state index contributed by atoms with van der Waals surface area (Å²) in [5, 5.41) is 23.4. The summed E-state index contributed by atoms with van der Waals surface area (Å²) < 4.78 is 5.47. The number of carbonyl (C=O) groups is 2. The number of esters is 1. The van der Waals surface area contributed by atoms with E-state index >= 15 is 0 Å². The zero-order valence-electron chi connectivity index (χ0n) is 47.7. The molecule has 6 heteroatoms. The molecular weight excluding hydrogens is 875 g/mol. The Morgan fingerprint density at radius 2 is 0.704 bits per heavy atom. The van der Waals surface area contributed by atoms with Crippen LogP contribution in [0.5, 0.6) is 0 Å². The molecule has 0 fully saturated rings. The van der Waals surface area contributed by atoms with Gasteiger partial charge in [-0.25, -0.2) is 0 Å². The topological polar surface area (TPSA) is 95.9 Å². The van der Waals surface area contributed by atoms with E-state index in [4.69, 9.17) is 4.74 Å². The number of allylic oxidation sites excluding steroid dienone is 6. The Morgan fingerprint density at radius 3 is 1.11 bits per heavy atom. The van der Waals surface area contributed by atoms with Gasteiger partial charge in [0.05, 0.1) is 25.4 Å². The Bertz CT molecular complexity index is 1150. The highest BCUT2D eigenvalue weighted by Crippen LogP contribution is 2.18. The van der Waals surface area contributed by atoms with Gasteiger partial charge in [0, 0.05) is 12.8 Å². The van der Waals surface area contributed by atoms with Crippen LogP contribution in [0.25, 0.3) is 0 Å². The number of hydrogen-bond donors (Lipinski definition) is 3. The first-order valence-electron chi connectivity index (χ1n) is 31.7. The van der Waals surface area contributed by atoms with Crippen LogP contribution in [0.4, 0.5) is 0 Å². The summed E-state index contributed by atoms with van der Waals surface area (Å²) in [6.45, 7) is 4.93. The molecule has 0 saturated carbocycles. The number of carbonyl (C=O) groups excluding carboxylic acids is 2. The van der Waals surface area contributed by atoms with E-state index in [0.29, 0.717) is 25.9 Å². The van der Waals surface area contributed by atoms with Gasteiger partial charge in [-0.2, -0.15) is 0 Å². The Labute approximate surface area is 443 Å². The van der Waals surface area contributed by atoms with Crippen molar-refractivity contribution >= 4 is 11.9 Å². The van der Waals surface area contributed by atoms with Crippen LogP contribution < -0.4 is 5.32 Å². The van der Waals surface area contributed by atoms with Gasteiger partial charge in [0.25, 0.3) is 0 Å². The van der Waals surface area contributed by atoms with Crippen molar-refractivity contribution < 1.29 is 24.5 Å². The number of unbranched alkanes of at least 4 members (excludes halogenated alkanes) is 42. The van der Waals surface area contributed by atoms with Gasteiger partial charge in [-0.1, -0.05) is 281 Å². The summed E-state index contributed by atoms with van der Waals surface area (Å²) in [5.41, 5.74) is 0. The van der Waals surface area contributed by atoms with Crippen molar-refractivity contribution in [3.8, 4) is 0 Å². The minimum absolute atomic E-state index is 0.00970. The predicted molar refractivity (Wildman–Crippen MR) is 310 cm³/mol. The second-order valence-electron chi connectivity index (χ2n) is 21.7. The molecule has 3 N–H and O–H groups in total. The van der Waals surface area contributed by atoms with Crippen molar-refractivity contribution in [2.24, 2.45) is 0 Å². The Kier molecular flexibility index (Phi) is 59.0. The molecule has 0 radical (unpaired) electrons. The number of nitrogens with one attached hydrogen (secondary N) is 1. The molecule has 0 aromatic heterocycles. The van der Waals surface area contributed by atoms with Crippen molar-refractivity contribution in [2.45, 2.75) is 353 Å². The lowest BCUT2D eigenvalue weighted by Gasteiger charge is -2.22. The van der Waals surface area contributed by atoms with Gasteiger partial charge in [0.2, 0.25) is 5.91 Å². The summed E-state index contributed by atoms with van der Waals surface area (Å²) >= 11 is 0. The van der Waals surface area contributed by atoms with E-state index in [-0.39, 0.29) is 18.5 Å². The fourth-order valence-electron chi connectivity index (χ4n) is 9.78. The zero-order chi connectivity index (χ0) is 51.4. The molecule has 0 heterocycles. The summed E-state index contributed by atoms with van der Waals surface area (Å²) in [7, 11) is 0. The van der Waals surface area contributed by atoms with Crippen molar-refractivity contribution in [3.05, 3.63) is 36.5 Å². The summed E-state index contributed by atoms with van der Waals surface area (Å²) in [6.07, 6.45) is 75.8. The summed E-state index contributed by atoms with van der Waals surface area (Å²) in [6, 6.07) is -0.550. The predicted octanol–water partition coefficient (Wildman–Crippen LogP) is 20.0. The lowest BCUT2D eigenvalue weighted by Crippen LogP contribution is -2.45. The quantitative estimate of drug-likeness (QED) is 0.0321. The summed E-state index contributed by atoms with van der Waals surface area (Å²) in [5.74, 6) is -0.0520. The standard InChI is InChI=1S/C65H123NO5/c1-3-5-7-9-11-13-15-17-19-20-21-23-26-30-33-37-41-45-49-53-57-63(68)62(61-67)66-64(69)58-54-50-46-42-38-34-31-27-24-22-25-28-32-36-40-44-48-52-56-60-71-65(70)59-55-51-47-43-39-35-29-18-16-14-12-10-8-6-4-2/h12,14,18,22,24,29,62-63,67-68H,3-11,13,15-17,19-21,23,25-28,30-61H2,1-2H3,(H,66,69)/b14-12-,24-22-,29-18-. The molecule has 0 saturated heterocycles. The van der Waals surface area contributed by atoms with Crippen molar-refractivity contribution in [3.63, 3.8) is 0 Å². The first kappa shape index (κ1) is 69.1. The monoisotopic (exact) mass is 998 g/mol. The van der Waals surface area contributed by atoms with E-state index < -0.39 is 12.1 Å². The van der Waals surface area contributed by atoms with E-state index in [2.05, 4.69) is 55.6 Å². The number of aliphatic hydroxyl groups excluding tert-OH is 2. The Morgan fingerprint density at radius 1 is 0.394 bits per heavy atom. The van der Waals surface area contributed by atoms with Crippen LogP contribution in [0.2, 0.25) is 0 Å². The minimum atomic E-state index is -0.672. The van der Waals surface area contributed by atoms with Crippen LogP contribution in [-0.4, -0.2) is 47.4 Å². The number of amides is 1. The van der Waals surface area contributed by atoms with Crippen LogP contribution in [0.1, 0.15) is 341 Å². The molecule has 0 aromatic carbocycles. The van der Waals surface area contributed by atoms with Crippen molar-refractivity contribution in [2.75, 3.05) is 13.2 Å². The van der Waals surface area contributed by atoms with E-state index in [1.165, 1.54) is 250 Å². The van der Waals surface area contributed by atoms with Gasteiger partial charge in [-0.3, -0.25) is 9.59 Å². The Balaban J connectivity index is 3.45. The lowest BCUT2D eigenvalue weighted by molar-refractivity contribution is -0.143. The number of aliphatic hydroxyl groups is 2. The number of rotatable bonds is 59. The van der Waals surface area contributed by atoms with Gasteiger partial charge < -0.3 is 20.3 Å². The van der Waals surface area contributed by atoms with Crippen LogP contribution in [-0.2, 0) is 14.3 Å². The molecule has 2 unspecified atom stereocenters. The molecule has 71 heavy (non-hydrogen) atoms. The van der Waals surface area contributed by atoms with Crippen LogP contribution in [0, 0.1) is 0 Å². The maximum absolute atomic E-state index is 12.5. The first-order chi connectivity index (χ1) is 35.0. The van der Waals surface area contributed by atoms with E-state index in [1.54, 1.807) is 0 Å². The molecule has 6 nitrogen and oxygen atoms in total. The molecule has 0 bridgehead atoms. The molecule has 0 aliphatic rings. The maximum Gasteiger partial charge on any atom is 0.305 e. The molecule has 418 valence electrons. The van der Waals surface area contributed by atoms with Gasteiger partial charge in [-0.15, -0.1) is 0 Å². The van der Waals surface area contributed by atoms with Crippen molar-refractivity contribution in [1.82, 2.24) is 5.32 Å². The van der Waals surface area contributed by atoms with E-state index in [9.17, 15) is 19.8 Å². The van der Waals surface area contributed by atoms with Crippen LogP contribution >= 0.6 is 0 Å². The largest absolute Gasteiger partial charge is 0.466 e. The molecule has 0 aromatic rings. The SMILES string of the molecule is CCCCC/C=C\C/C=C\CCCCCCCC(=O)OCCCCCCCCCC/C=C\CCCCCCCCCC(=O)NC(CO)C(O)CCCCCCCCCCCCCCCCCCCCCC. The number of ether oxygens (including phenoxy) is 1. The van der Waals surface area contributed by atoms with E-state index in [0.717, 1.165) is 57.8 Å². The number of hydrogen-bond acceptors (Lipinski definition) is 5. The molecule has 1 amide bonds. The average Bonchev–Trinajstić information content (AvgIpc) is 3.37. The van der Waals surface area contributed by atoms with Crippen molar-refractivity contribution in [1.29, 1.82) is 0 Å². The molecule has 0 aliphatic carbocycles. The average molecular weight is 999 g/mol. The highest BCUT2D eigenvalue weighted by Gasteiger charge is 2.20. The highest BCUT2D eigenvalue weighted by molar-refractivity contribution is 5.76. The second kappa shape index (κ2) is 60.6. The van der Waals surface area contributed by atoms with E-state index in [1.807, 2.05) is 0 Å². The van der Waals surface area contributed by atoms with Gasteiger partial charge in [0.15, 0.2) is 0 Å². The van der Waals surface area contributed by atoms with Crippen LogP contribution in [0.3, 0.4) is 0 Å². The van der Waals surface area contributed by atoms with Crippen LogP contribution in [0.15, 0.2) is 36.5 Å². The molecule has 0 spiro atoms.